The van der Waals surface area contributed by atoms with Gasteiger partial charge >= 0.3 is 5.97 Å². The lowest BCUT2D eigenvalue weighted by molar-refractivity contribution is -0.138. The first-order valence-electron chi connectivity index (χ1n) is 3.56. The molecule has 0 heterocycles. The highest BCUT2D eigenvalue weighted by molar-refractivity contribution is 6.30. The molecule has 0 aromatic heterocycles. The van der Waals surface area contributed by atoms with Crippen LogP contribution in [-0.4, -0.2) is 5.97 Å². The first-order valence-corrected chi connectivity index (χ1v) is 3.94. The topological polar surface area (TPSA) is 52.3 Å². The molecule has 0 amide bonds. The maximum atomic E-state index is 10.6. The van der Waals surface area contributed by atoms with Gasteiger partial charge in [0.1, 0.15) is 0 Å². The summed E-state index contributed by atoms with van der Waals surface area (Å²) in [6.07, 6.45) is 2.80. The van der Waals surface area contributed by atoms with Gasteiger partial charge in [-0.15, -0.1) is 0 Å². The quantitative estimate of drug-likeness (QED) is 0.581. The van der Waals surface area contributed by atoms with Gasteiger partial charge in [-0.3, -0.25) is 0 Å². The minimum absolute atomic E-state index is 0.597. The maximum absolute atomic E-state index is 10.6. The van der Waals surface area contributed by atoms with Crippen molar-refractivity contribution < 1.29 is 9.63 Å². The van der Waals surface area contributed by atoms with Gasteiger partial charge in [0.2, 0.25) is 0 Å². The maximum Gasteiger partial charge on any atom is 0.349 e. The van der Waals surface area contributed by atoms with E-state index in [1.165, 1.54) is 6.08 Å². The van der Waals surface area contributed by atoms with E-state index in [0.29, 0.717) is 5.02 Å². The highest BCUT2D eigenvalue weighted by Crippen LogP contribution is 2.11. The van der Waals surface area contributed by atoms with E-state index < -0.39 is 5.97 Å². The van der Waals surface area contributed by atoms with Crippen molar-refractivity contribution in [3.8, 4) is 0 Å². The van der Waals surface area contributed by atoms with Crippen LogP contribution in [0.5, 0.6) is 0 Å². The smallest absolute Gasteiger partial charge is 0.349 e. The third-order valence-corrected chi connectivity index (χ3v) is 1.61. The minimum Gasteiger partial charge on any atom is -0.370 e. The molecule has 68 valence electrons. The first kappa shape index (κ1) is 9.77. The Balaban J connectivity index is 2.74. The van der Waals surface area contributed by atoms with E-state index in [1.54, 1.807) is 24.3 Å². The van der Waals surface area contributed by atoms with Crippen LogP contribution in [0.4, 0.5) is 0 Å². The van der Waals surface area contributed by atoms with E-state index in [0.717, 1.165) is 5.56 Å². The molecule has 13 heavy (non-hydrogen) atoms. The molecule has 0 aliphatic heterocycles. The number of nitrogens with two attached hydrogens (primary N) is 1. The number of carbonyl (C=O) groups excluding carboxylic acids is 1. The van der Waals surface area contributed by atoms with Crippen LogP contribution in [0, 0.1) is 0 Å². The Kier molecular flexibility index (Phi) is 3.49. The number of benzene rings is 1. The Hall–Kier alpha value is -1.32. The van der Waals surface area contributed by atoms with Gasteiger partial charge < -0.3 is 4.84 Å². The molecule has 0 aliphatic rings. The van der Waals surface area contributed by atoms with E-state index in [-0.39, 0.29) is 0 Å². The van der Waals surface area contributed by atoms with E-state index in [4.69, 9.17) is 11.6 Å². The molecule has 4 heteroatoms. The highest BCUT2D eigenvalue weighted by Gasteiger charge is 1.93. The normalized spacial score (nSPS) is 10.3. The molecule has 0 atom stereocenters. The third-order valence-electron chi connectivity index (χ3n) is 1.38. The fourth-order valence-electron chi connectivity index (χ4n) is 0.814. The molecule has 0 fully saturated rings. The highest BCUT2D eigenvalue weighted by atomic mass is 35.5. The number of rotatable bonds is 2. The fraction of sp³-hybridized carbons (Fsp3) is 0. The van der Waals surface area contributed by atoms with E-state index in [1.807, 2.05) is 6.07 Å². The minimum atomic E-state index is -0.597. The largest absolute Gasteiger partial charge is 0.370 e. The average Bonchev–Trinajstić information content (AvgIpc) is 2.14. The molecule has 1 rings (SSSR count). The lowest BCUT2D eigenvalue weighted by Gasteiger charge is -1.93. The second-order valence-corrected chi connectivity index (χ2v) is 2.76. The number of carbonyl (C=O) groups is 1. The van der Waals surface area contributed by atoms with Crippen LogP contribution in [-0.2, 0) is 9.63 Å². The zero-order valence-corrected chi connectivity index (χ0v) is 7.49. The SMILES string of the molecule is NOC(=O)/C=C/c1cccc(Cl)c1. The molecule has 0 saturated heterocycles. The fourth-order valence-corrected chi connectivity index (χ4v) is 1.01. The Labute approximate surface area is 80.7 Å². The molecule has 0 radical (unpaired) electrons. The van der Waals surface area contributed by atoms with Crippen molar-refractivity contribution in [3.05, 3.63) is 40.9 Å². The summed E-state index contributed by atoms with van der Waals surface area (Å²) < 4.78 is 0. The predicted molar refractivity (Wildman–Crippen MR) is 50.8 cm³/mol. The summed E-state index contributed by atoms with van der Waals surface area (Å²) in [5.41, 5.74) is 0.818. The Morgan fingerprint density at radius 1 is 1.54 bits per heavy atom. The second kappa shape index (κ2) is 4.64. The van der Waals surface area contributed by atoms with Crippen LogP contribution < -0.4 is 5.90 Å². The Morgan fingerprint density at radius 3 is 2.92 bits per heavy atom. The Morgan fingerprint density at radius 2 is 2.31 bits per heavy atom. The lowest BCUT2D eigenvalue weighted by atomic mass is 10.2. The van der Waals surface area contributed by atoms with Crippen molar-refractivity contribution in [2.24, 2.45) is 5.90 Å². The predicted octanol–water partition coefficient (Wildman–Crippen LogP) is 1.77. The lowest BCUT2D eigenvalue weighted by Crippen LogP contribution is -2.05. The molecule has 0 unspecified atom stereocenters. The molecule has 0 saturated carbocycles. The molecular formula is C9H8ClNO2. The van der Waals surface area contributed by atoms with Crippen LogP contribution >= 0.6 is 11.6 Å². The summed E-state index contributed by atoms with van der Waals surface area (Å²) in [5.74, 6) is 4.04. The number of hydrogen-bond acceptors (Lipinski definition) is 3. The summed E-state index contributed by atoms with van der Waals surface area (Å²) in [4.78, 5) is 14.5. The van der Waals surface area contributed by atoms with Gasteiger partial charge in [-0.2, -0.15) is 5.90 Å². The summed E-state index contributed by atoms with van der Waals surface area (Å²) in [7, 11) is 0. The zero-order chi connectivity index (χ0) is 9.68. The number of hydrogen-bond donors (Lipinski definition) is 1. The third kappa shape index (κ3) is 3.27. The standard InChI is InChI=1S/C9H8ClNO2/c10-8-3-1-2-7(6-8)4-5-9(12)13-11/h1-6H,11H2/b5-4+. The van der Waals surface area contributed by atoms with Gasteiger partial charge in [0.15, 0.2) is 0 Å². The molecule has 0 aliphatic carbocycles. The van der Waals surface area contributed by atoms with E-state index in [9.17, 15) is 4.79 Å². The molecule has 0 bridgehead atoms. The van der Waals surface area contributed by atoms with Gasteiger partial charge in [0.05, 0.1) is 0 Å². The van der Waals surface area contributed by atoms with Gasteiger partial charge in [0, 0.05) is 11.1 Å². The average molecular weight is 198 g/mol. The van der Waals surface area contributed by atoms with Crippen LogP contribution in [0.3, 0.4) is 0 Å². The summed E-state index contributed by atoms with van der Waals surface area (Å²) in [6, 6.07) is 7.07. The van der Waals surface area contributed by atoms with Gasteiger partial charge in [-0.1, -0.05) is 23.7 Å². The van der Waals surface area contributed by atoms with E-state index >= 15 is 0 Å². The van der Waals surface area contributed by atoms with Crippen molar-refractivity contribution in [1.82, 2.24) is 0 Å². The Bertz CT molecular complexity index is 336. The van der Waals surface area contributed by atoms with E-state index in [2.05, 4.69) is 10.7 Å². The molecule has 0 spiro atoms. The van der Waals surface area contributed by atoms with Crippen molar-refractivity contribution in [1.29, 1.82) is 0 Å². The van der Waals surface area contributed by atoms with Crippen molar-refractivity contribution in [2.45, 2.75) is 0 Å². The summed E-state index contributed by atoms with van der Waals surface area (Å²) >= 11 is 5.72. The van der Waals surface area contributed by atoms with Crippen LogP contribution in [0.1, 0.15) is 5.56 Å². The molecule has 1 aromatic carbocycles. The van der Waals surface area contributed by atoms with Crippen molar-refractivity contribution >= 4 is 23.6 Å². The molecule has 3 nitrogen and oxygen atoms in total. The van der Waals surface area contributed by atoms with Crippen LogP contribution in [0.15, 0.2) is 30.3 Å². The molecule has 2 N–H and O–H groups in total. The van der Waals surface area contributed by atoms with Crippen LogP contribution in [0.2, 0.25) is 5.02 Å². The van der Waals surface area contributed by atoms with Crippen molar-refractivity contribution in [2.75, 3.05) is 0 Å². The van der Waals surface area contributed by atoms with Gasteiger partial charge in [-0.25, -0.2) is 4.79 Å². The summed E-state index contributed by atoms with van der Waals surface area (Å²) in [5, 5.41) is 0.614. The second-order valence-electron chi connectivity index (χ2n) is 2.33. The monoisotopic (exact) mass is 197 g/mol. The first-order chi connectivity index (χ1) is 6.22. The molecule has 1 aromatic rings. The van der Waals surface area contributed by atoms with Gasteiger partial charge in [-0.05, 0) is 23.8 Å². The summed E-state index contributed by atoms with van der Waals surface area (Å²) in [6.45, 7) is 0. The zero-order valence-electron chi connectivity index (χ0n) is 6.74. The molecular weight excluding hydrogens is 190 g/mol. The number of halogens is 1. The van der Waals surface area contributed by atoms with Crippen LogP contribution in [0.25, 0.3) is 6.08 Å². The van der Waals surface area contributed by atoms with Gasteiger partial charge in [0.25, 0.3) is 0 Å². The van der Waals surface area contributed by atoms with Crippen molar-refractivity contribution in [3.63, 3.8) is 0 Å².